The van der Waals surface area contributed by atoms with E-state index in [2.05, 4.69) is 31.4 Å². The monoisotopic (exact) mass is 246 g/mol. The van der Waals surface area contributed by atoms with Crippen molar-refractivity contribution in [3.8, 4) is 0 Å². The largest absolute Gasteiger partial charge is 0.311 e. The maximum atomic E-state index is 12.4. The summed E-state index contributed by atoms with van der Waals surface area (Å²) in [6.07, 6.45) is 0.862. The molecule has 2 fully saturated rings. The fraction of sp³-hybridized carbons (Fsp3) is 1.00. The molecular weight excluding hydrogens is 222 g/mol. The van der Waals surface area contributed by atoms with E-state index in [4.69, 9.17) is 0 Å². The summed E-state index contributed by atoms with van der Waals surface area (Å²) in [5, 5.41) is 6.84. The number of hydrogen-bond donors (Lipinski definition) is 2. The van der Waals surface area contributed by atoms with E-state index < -0.39 is 6.43 Å². The second-order valence-electron chi connectivity index (χ2n) is 6.07. The van der Waals surface area contributed by atoms with Gasteiger partial charge in [-0.1, -0.05) is 13.8 Å². The number of nitrogens with one attached hydrogen (secondary N) is 2. The number of hydrogen-bond acceptors (Lipinski definition) is 2. The van der Waals surface area contributed by atoms with E-state index in [0.29, 0.717) is 24.5 Å². The van der Waals surface area contributed by atoms with E-state index in [0.717, 1.165) is 12.3 Å². The first kappa shape index (κ1) is 13.2. The van der Waals surface area contributed by atoms with Crippen LogP contribution in [0, 0.1) is 11.8 Å². The lowest BCUT2D eigenvalue weighted by atomic mass is 10.1. The predicted molar refractivity (Wildman–Crippen MR) is 65.3 cm³/mol. The highest BCUT2D eigenvalue weighted by atomic mass is 19.3. The SMILES string of the molecule is CC(C)NC1CC1CC(C)NC1CC1C(F)F. The van der Waals surface area contributed by atoms with Gasteiger partial charge in [-0.3, -0.25) is 0 Å². The lowest BCUT2D eigenvalue weighted by molar-refractivity contribution is 0.118. The van der Waals surface area contributed by atoms with Crippen LogP contribution in [-0.2, 0) is 0 Å². The molecule has 5 unspecified atom stereocenters. The summed E-state index contributed by atoms with van der Waals surface area (Å²) in [7, 11) is 0. The molecule has 0 aromatic rings. The van der Waals surface area contributed by atoms with E-state index in [-0.39, 0.29) is 12.0 Å². The standard InChI is InChI=1S/C13H24F2N2/c1-7(2)16-11-5-9(11)4-8(3)17-12-6-10(12)13(14)15/h7-13,16-17H,4-6H2,1-3H3. The van der Waals surface area contributed by atoms with Crippen LogP contribution in [-0.4, -0.2) is 30.6 Å². The van der Waals surface area contributed by atoms with E-state index >= 15 is 0 Å². The Balaban J connectivity index is 1.58. The van der Waals surface area contributed by atoms with E-state index in [9.17, 15) is 8.78 Å². The highest BCUT2D eigenvalue weighted by Crippen LogP contribution is 2.38. The summed E-state index contributed by atoms with van der Waals surface area (Å²) in [5.74, 6) is 0.352. The van der Waals surface area contributed by atoms with Crippen molar-refractivity contribution in [2.75, 3.05) is 0 Å². The van der Waals surface area contributed by atoms with E-state index in [1.54, 1.807) is 0 Å². The summed E-state index contributed by atoms with van der Waals surface area (Å²) in [5.41, 5.74) is 0. The van der Waals surface area contributed by atoms with Crippen molar-refractivity contribution >= 4 is 0 Å². The second kappa shape index (κ2) is 5.19. The van der Waals surface area contributed by atoms with Crippen LogP contribution in [0.25, 0.3) is 0 Å². The molecule has 2 nitrogen and oxygen atoms in total. The molecule has 0 spiro atoms. The van der Waals surface area contributed by atoms with Crippen molar-refractivity contribution in [1.82, 2.24) is 10.6 Å². The molecule has 2 N–H and O–H groups in total. The lowest BCUT2D eigenvalue weighted by Crippen LogP contribution is -2.32. The van der Waals surface area contributed by atoms with Crippen molar-refractivity contribution in [3.63, 3.8) is 0 Å². The van der Waals surface area contributed by atoms with Crippen LogP contribution in [0.1, 0.15) is 40.0 Å². The molecule has 0 aromatic carbocycles. The number of halogens is 2. The van der Waals surface area contributed by atoms with Crippen molar-refractivity contribution in [2.45, 2.75) is 70.6 Å². The maximum absolute atomic E-state index is 12.4. The third kappa shape index (κ3) is 3.88. The minimum absolute atomic E-state index is 0.0697. The highest BCUT2D eigenvalue weighted by molar-refractivity contribution is 4.99. The molecule has 0 aliphatic heterocycles. The molecule has 2 aliphatic rings. The van der Waals surface area contributed by atoms with Crippen molar-refractivity contribution in [3.05, 3.63) is 0 Å². The zero-order chi connectivity index (χ0) is 12.6. The normalized spacial score (nSPS) is 37.6. The Hall–Kier alpha value is -0.220. The van der Waals surface area contributed by atoms with Gasteiger partial charge in [0.1, 0.15) is 0 Å². The number of alkyl halides is 2. The quantitative estimate of drug-likeness (QED) is 0.721. The lowest BCUT2D eigenvalue weighted by Gasteiger charge is -2.14. The Morgan fingerprint density at radius 3 is 2.29 bits per heavy atom. The Morgan fingerprint density at radius 2 is 1.76 bits per heavy atom. The fourth-order valence-electron chi connectivity index (χ4n) is 2.71. The van der Waals surface area contributed by atoms with Gasteiger partial charge in [0, 0.05) is 30.1 Å². The van der Waals surface area contributed by atoms with Crippen LogP contribution in [0.5, 0.6) is 0 Å². The fourth-order valence-corrected chi connectivity index (χ4v) is 2.71. The summed E-state index contributed by atoms with van der Waals surface area (Å²) in [4.78, 5) is 0. The molecule has 0 amide bonds. The van der Waals surface area contributed by atoms with Gasteiger partial charge in [0.2, 0.25) is 6.43 Å². The molecule has 2 saturated carbocycles. The molecule has 4 heteroatoms. The second-order valence-corrected chi connectivity index (χ2v) is 6.07. The Kier molecular flexibility index (Phi) is 4.03. The Morgan fingerprint density at radius 1 is 1.06 bits per heavy atom. The minimum Gasteiger partial charge on any atom is -0.311 e. The number of rotatable bonds is 7. The third-order valence-electron chi connectivity index (χ3n) is 3.79. The maximum Gasteiger partial charge on any atom is 0.242 e. The van der Waals surface area contributed by atoms with E-state index in [1.807, 2.05) is 0 Å². The topological polar surface area (TPSA) is 24.1 Å². The summed E-state index contributed by atoms with van der Waals surface area (Å²) in [6.45, 7) is 6.44. The molecule has 0 saturated heterocycles. The molecule has 0 aromatic heterocycles. The summed E-state index contributed by atoms with van der Waals surface area (Å²) in [6, 6.07) is 1.64. The minimum atomic E-state index is -2.14. The summed E-state index contributed by atoms with van der Waals surface area (Å²) >= 11 is 0. The van der Waals surface area contributed by atoms with Gasteiger partial charge in [-0.25, -0.2) is 8.78 Å². The van der Waals surface area contributed by atoms with Gasteiger partial charge in [0.05, 0.1) is 0 Å². The average Bonchev–Trinajstić information content (AvgIpc) is 3.04. The average molecular weight is 246 g/mol. The molecule has 100 valence electrons. The van der Waals surface area contributed by atoms with Gasteiger partial charge in [0.15, 0.2) is 0 Å². The van der Waals surface area contributed by atoms with Crippen molar-refractivity contribution in [2.24, 2.45) is 11.8 Å². The predicted octanol–water partition coefficient (Wildman–Crippen LogP) is 2.39. The van der Waals surface area contributed by atoms with Crippen molar-refractivity contribution < 1.29 is 8.78 Å². The van der Waals surface area contributed by atoms with Gasteiger partial charge >= 0.3 is 0 Å². The molecule has 0 bridgehead atoms. The van der Waals surface area contributed by atoms with Crippen LogP contribution < -0.4 is 10.6 Å². The molecule has 17 heavy (non-hydrogen) atoms. The Labute approximate surface area is 103 Å². The summed E-state index contributed by atoms with van der Waals surface area (Å²) < 4.78 is 24.7. The molecule has 2 rings (SSSR count). The van der Waals surface area contributed by atoms with Crippen LogP contribution in [0.2, 0.25) is 0 Å². The molecule has 0 heterocycles. The van der Waals surface area contributed by atoms with Crippen LogP contribution in [0.4, 0.5) is 8.78 Å². The molecule has 0 radical (unpaired) electrons. The zero-order valence-corrected chi connectivity index (χ0v) is 10.9. The first-order valence-electron chi connectivity index (χ1n) is 6.77. The molecular formula is C13H24F2N2. The molecule has 5 atom stereocenters. The van der Waals surface area contributed by atoms with Crippen molar-refractivity contribution in [1.29, 1.82) is 0 Å². The Bertz CT molecular complexity index is 258. The zero-order valence-electron chi connectivity index (χ0n) is 10.9. The van der Waals surface area contributed by atoms with Crippen LogP contribution in [0.15, 0.2) is 0 Å². The molecule has 2 aliphatic carbocycles. The van der Waals surface area contributed by atoms with E-state index in [1.165, 1.54) is 6.42 Å². The van der Waals surface area contributed by atoms with Crippen LogP contribution >= 0.6 is 0 Å². The van der Waals surface area contributed by atoms with Gasteiger partial charge in [0.25, 0.3) is 0 Å². The first-order valence-corrected chi connectivity index (χ1v) is 6.77. The smallest absolute Gasteiger partial charge is 0.242 e. The first-order chi connectivity index (χ1) is 7.97. The highest BCUT2D eigenvalue weighted by Gasteiger charge is 2.45. The van der Waals surface area contributed by atoms with Gasteiger partial charge in [-0.15, -0.1) is 0 Å². The van der Waals surface area contributed by atoms with Gasteiger partial charge < -0.3 is 10.6 Å². The third-order valence-corrected chi connectivity index (χ3v) is 3.79. The van der Waals surface area contributed by atoms with Gasteiger partial charge in [-0.2, -0.15) is 0 Å². The van der Waals surface area contributed by atoms with Crippen LogP contribution in [0.3, 0.4) is 0 Å². The van der Waals surface area contributed by atoms with Gasteiger partial charge in [-0.05, 0) is 32.1 Å².